The van der Waals surface area contributed by atoms with Crippen LogP contribution in [-0.2, 0) is 6.54 Å². The molecule has 82 valence electrons. The molecule has 1 aromatic heterocycles. The van der Waals surface area contributed by atoms with Gasteiger partial charge in [0.05, 0.1) is 5.69 Å². The standard InChI is InChI=1S/C11H17N3S/c1-2-4-10(5-3-1)6-7-12-8-11-9-15-14-13-11/h4,9,12H,1-3,5-8H2. The summed E-state index contributed by atoms with van der Waals surface area (Å²) in [5, 5.41) is 9.38. The van der Waals surface area contributed by atoms with E-state index in [1.54, 1.807) is 5.57 Å². The van der Waals surface area contributed by atoms with Crippen molar-refractivity contribution >= 4 is 11.5 Å². The summed E-state index contributed by atoms with van der Waals surface area (Å²) in [6.07, 6.45) is 8.95. The summed E-state index contributed by atoms with van der Waals surface area (Å²) in [6, 6.07) is 0. The zero-order chi connectivity index (χ0) is 10.3. The van der Waals surface area contributed by atoms with E-state index < -0.39 is 0 Å². The topological polar surface area (TPSA) is 37.8 Å². The lowest BCUT2D eigenvalue weighted by Gasteiger charge is -2.12. The number of aromatic nitrogens is 2. The van der Waals surface area contributed by atoms with E-state index in [9.17, 15) is 0 Å². The third-order valence-corrected chi connectivity index (χ3v) is 3.27. The molecule has 2 rings (SSSR count). The van der Waals surface area contributed by atoms with Gasteiger partial charge in [-0.2, -0.15) is 0 Å². The van der Waals surface area contributed by atoms with Crippen LogP contribution in [-0.4, -0.2) is 16.1 Å². The van der Waals surface area contributed by atoms with Crippen molar-refractivity contribution in [3.63, 3.8) is 0 Å². The van der Waals surface area contributed by atoms with E-state index >= 15 is 0 Å². The van der Waals surface area contributed by atoms with E-state index in [2.05, 4.69) is 21.0 Å². The van der Waals surface area contributed by atoms with Crippen LogP contribution >= 0.6 is 11.5 Å². The molecular weight excluding hydrogens is 206 g/mol. The summed E-state index contributed by atoms with van der Waals surface area (Å²) in [4.78, 5) is 0. The van der Waals surface area contributed by atoms with Crippen LogP contribution in [0.2, 0.25) is 0 Å². The average molecular weight is 223 g/mol. The van der Waals surface area contributed by atoms with Crippen molar-refractivity contribution in [1.82, 2.24) is 14.9 Å². The minimum Gasteiger partial charge on any atom is -0.311 e. The fraction of sp³-hybridized carbons (Fsp3) is 0.636. The van der Waals surface area contributed by atoms with Crippen molar-refractivity contribution in [3.8, 4) is 0 Å². The van der Waals surface area contributed by atoms with Gasteiger partial charge in [0.2, 0.25) is 0 Å². The molecule has 0 saturated heterocycles. The zero-order valence-corrected chi connectivity index (χ0v) is 9.72. The molecule has 3 nitrogen and oxygen atoms in total. The summed E-state index contributed by atoms with van der Waals surface area (Å²) < 4.78 is 3.83. The molecule has 4 heteroatoms. The first-order valence-electron chi connectivity index (χ1n) is 5.60. The Morgan fingerprint density at radius 3 is 3.13 bits per heavy atom. The first-order valence-corrected chi connectivity index (χ1v) is 6.43. The van der Waals surface area contributed by atoms with Crippen LogP contribution in [0.1, 0.15) is 37.8 Å². The van der Waals surface area contributed by atoms with Crippen LogP contribution < -0.4 is 5.32 Å². The van der Waals surface area contributed by atoms with Crippen molar-refractivity contribution in [1.29, 1.82) is 0 Å². The van der Waals surface area contributed by atoms with Crippen LogP contribution in [0.3, 0.4) is 0 Å². The van der Waals surface area contributed by atoms with Gasteiger partial charge in [0.1, 0.15) is 0 Å². The minimum absolute atomic E-state index is 0.851. The third kappa shape index (κ3) is 3.72. The molecule has 0 saturated carbocycles. The van der Waals surface area contributed by atoms with Gasteiger partial charge in [-0.1, -0.05) is 16.1 Å². The molecular formula is C11H17N3S. The number of hydrogen-bond donors (Lipinski definition) is 1. The van der Waals surface area contributed by atoms with Crippen molar-refractivity contribution in [3.05, 3.63) is 22.7 Å². The lowest BCUT2D eigenvalue weighted by atomic mass is 9.97. The summed E-state index contributed by atoms with van der Waals surface area (Å²) in [7, 11) is 0. The van der Waals surface area contributed by atoms with Crippen LogP contribution in [0.4, 0.5) is 0 Å². The lowest BCUT2D eigenvalue weighted by molar-refractivity contribution is 0.627. The van der Waals surface area contributed by atoms with Gasteiger partial charge >= 0.3 is 0 Å². The Hall–Kier alpha value is -0.740. The Morgan fingerprint density at radius 1 is 1.40 bits per heavy atom. The zero-order valence-electron chi connectivity index (χ0n) is 8.91. The van der Waals surface area contributed by atoms with E-state index in [4.69, 9.17) is 0 Å². The molecule has 0 atom stereocenters. The molecule has 0 amide bonds. The van der Waals surface area contributed by atoms with Crippen molar-refractivity contribution < 1.29 is 0 Å². The van der Waals surface area contributed by atoms with Crippen molar-refractivity contribution in [2.75, 3.05) is 6.54 Å². The van der Waals surface area contributed by atoms with Crippen LogP contribution in [0.25, 0.3) is 0 Å². The molecule has 0 aliphatic heterocycles. The summed E-state index contributed by atoms with van der Waals surface area (Å²) in [5.41, 5.74) is 2.68. The molecule has 1 heterocycles. The van der Waals surface area contributed by atoms with E-state index in [1.807, 2.05) is 5.38 Å². The quantitative estimate of drug-likeness (QED) is 0.615. The second-order valence-corrected chi connectivity index (χ2v) is 4.54. The number of nitrogens with zero attached hydrogens (tertiary/aromatic N) is 2. The first-order chi connectivity index (χ1) is 7.45. The Bertz CT molecular complexity index is 306. The predicted octanol–water partition coefficient (Wildman–Crippen LogP) is 2.52. The Balaban J connectivity index is 1.60. The van der Waals surface area contributed by atoms with Gasteiger partial charge in [0.15, 0.2) is 0 Å². The maximum atomic E-state index is 3.99. The SMILES string of the molecule is C1=C(CCNCc2csnn2)CCCC1. The van der Waals surface area contributed by atoms with Crippen molar-refractivity contribution in [2.45, 2.75) is 38.6 Å². The maximum absolute atomic E-state index is 3.99. The molecule has 1 N–H and O–H groups in total. The molecule has 0 fully saturated rings. The highest BCUT2D eigenvalue weighted by Gasteiger charge is 2.03. The number of hydrogen-bond acceptors (Lipinski definition) is 4. The van der Waals surface area contributed by atoms with Gasteiger partial charge in [0, 0.05) is 11.9 Å². The van der Waals surface area contributed by atoms with E-state index in [0.29, 0.717) is 0 Å². The fourth-order valence-electron chi connectivity index (χ4n) is 1.86. The smallest absolute Gasteiger partial charge is 0.0893 e. The van der Waals surface area contributed by atoms with Gasteiger partial charge < -0.3 is 5.32 Å². The fourth-order valence-corrected chi connectivity index (χ4v) is 2.31. The van der Waals surface area contributed by atoms with Gasteiger partial charge in [-0.25, -0.2) is 0 Å². The van der Waals surface area contributed by atoms with Gasteiger partial charge in [-0.15, -0.1) is 5.10 Å². The van der Waals surface area contributed by atoms with E-state index in [0.717, 1.165) is 18.8 Å². The summed E-state index contributed by atoms with van der Waals surface area (Å²) in [5.74, 6) is 0. The van der Waals surface area contributed by atoms with Gasteiger partial charge in [-0.05, 0) is 50.2 Å². The molecule has 0 unspecified atom stereocenters. The molecule has 0 spiro atoms. The highest BCUT2D eigenvalue weighted by molar-refractivity contribution is 7.03. The predicted molar refractivity (Wildman–Crippen MR) is 62.8 cm³/mol. The highest BCUT2D eigenvalue weighted by atomic mass is 32.1. The average Bonchev–Trinajstić information content (AvgIpc) is 2.79. The van der Waals surface area contributed by atoms with Crippen LogP contribution in [0.15, 0.2) is 17.0 Å². The molecule has 15 heavy (non-hydrogen) atoms. The molecule has 1 aromatic rings. The normalized spacial score (nSPS) is 16.4. The third-order valence-electron chi connectivity index (χ3n) is 2.72. The monoisotopic (exact) mass is 223 g/mol. The van der Waals surface area contributed by atoms with Gasteiger partial charge in [0.25, 0.3) is 0 Å². The lowest BCUT2D eigenvalue weighted by Crippen LogP contribution is -2.15. The molecule has 0 bridgehead atoms. The second kappa shape index (κ2) is 5.98. The molecule has 0 radical (unpaired) electrons. The first kappa shape index (κ1) is 10.8. The summed E-state index contributed by atoms with van der Waals surface area (Å²) in [6.45, 7) is 1.91. The van der Waals surface area contributed by atoms with Crippen LogP contribution in [0.5, 0.6) is 0 Å². The number of allylic oxidation sites excluding steroid dienone is 1. The van der Waals surface area contributed by atoms with E-state index in [1.165, 1.54) is 43.6 Å². The summed E-state index contributed by atoms with van der Waals surface area (Å²) >= 11 is 1.41. The molecule has 1 aliphatic carbocycles. The highest BCUT2D eigenvalue weighted by Crippen LogP contribution is 2.19. The Labute approximate surface area is 94.8 Å². The largest absolute Gasteiger partial charge is 0.311 e. The Kier molecular flexibility index (Phi) is 4.29. The number of nitrogens with one attached hydrogen (secondary N) is 1. The minimum atomic E-state index is 0.851. The number of rotatable bonds is 5. The molecule has 1 aliphatic rings. The Morgan fingerprint density at radius 2 is 2.40 bits per heavy atom. The van der Waals surface area contributed by atoms with E-state index in [-0.39, 0.29) is 0 Å². The molecule has 0 aromatic carbocycles. The van der Waals surface area contributed by atoms with Gasteiger partial charge in [-0.3, -0.25) is 0 Å². The maximum Gasteiger partial charge on any atom is 0.0893 e. The van der Waals surface area contributed by atoms with Crippen LogP contribution in [0, 0.1) is 0 Å². The van der Waals surface area contributed by atoms with Crippen molar-refractivity contribution in [2.24, 2.45) is 0 Å². The second-order valence-electron chi connectivity index (χ2n) is 3.93.